The molecule has 92 valence electrons. The van der Waals surface area contributed by atoms with Gasteiger partial charge in [0.2, 0.25) is 0 Å². The first-order valence-electron chi connectivity index (χ1n) is 4.88. The number of hydrogen-bond donors (Lipinski definition) is 2. The van der Waals surface area contributed by atoms with E-state index < -0.39 is 11.8 Å². The van der Waals surface area contributed by atoms with Crippen LogP contribution in [0.25, 0.3) is 0 Å². The predicted molar refractivity (Wildman–Crippen MR) is 72.2 cm³/mol. The summed E-state index contributed by atoms with van der Waals surface area (Å²) in [7, 11) is 0. The molecule has 0 aliphatic heterocycles. The molecule has 0 spiro atoms. The van der Waals surface area contributed by atoms with Gasteiger partial charge in [0.05, 0.1) is 0 Å². The molecule has 0 radical (unpaired) electrons. The molecular weight excluding hydrogens is 349 g/mol. The van der Waals surface area contributed by atoms with Crippen molar-refractivity contribution in [2.75, 3.05) is 10.7 Å². The van der Waals surface area contributed by atoms with Crippen molar-refractivity contribution in [3.05, 3.63) is 40.5 Å². The minimum Gasteiger partial charge on any atom is -0.318 e. The van der Waals surface area contributed by atoms with E-state index in [2.05, 4.69) is 43.5 Å². The summed E-state index contributed by atoms with van der Waals surface area (Å²) in [5.41, 5.74) is 2.85. The Morgan fingerprint density at radius 3 is 2.28 bits per heavy atom. The Hall–Kier alpha value is -1.97. The zero-order valence-corrected chi connectivity index (χ0v) is 11.2. The summed E-state index contributed by atoms with van der Waals surface area (Å²) in [5, 5.41) is 9.46. The highest BCUT2D eigenvalue weighted by Crippen LogP contribution is 2.10. The second-order valence-electron chi connectivity index (χ2n) is 3.27. The molecule has 0 fully saturated rings. The molecule has 1 aromatic carbocycles. The van der Waals surface area contributed by atoms with E-state index in [1.165, 1.54) is 17.3 Å². The summed E-state index contributed by atoms with van der Waals surface area (Å²) in [6.07, 6.45) is 2.55. The predicted octanol–water partition coefficient (Wildman–Crippen LogP) is 0.591. The average Bonchev–Trinajstić information content (AvgIpc) is 2.85. The first kappa shape index (κ1) is 12.5. The van der Waals surface area contributed by atoms with Gasteiger partial charge in [-0.2, -0.15) is 0 Å². The molecule has 18 heavy (non-hydrogen) atoms. The molecule has 0 unspecified atom stereocenters. The Morgan fingerprint density at radius 2 is 1.67 bits per heavy atom. The number of aromatic nitrogens is 3. The number of nitrogens with one attached hydrogen (secondary N) is 2. The molecule has 8 heteroatoms. The second-order valence-corrected chi connectivity index (χ2v) is 4.52. The fourth-order valence-electron chi connectivity index (χ4n) is 1.15. The Balaban J connectivity index is 1.95. The average molecular weight is 357 g/mol. The van der Waals surface area contributed by atoms with Crippen molar-refractivity contribution in [3.8, 4) is 0 Å². The lowest BCUT2D eigenvalue weighted by molar-refractivity contribution is -0.133. The van der Waals surface area contributed by atoms with Crippen molar-refractivity contribution in [2.45, 2.75) is 0 Å². The highest BCUT2D eigenvalue weighted by molar-refractivity contribution is 14.1. The summed E-state index contributed by atoms with van der Waals surface area (Å²) in [5.74, 6) is -1.56. The van der Waals surface area contributed by atoms with E-state index in [4.69, 9.17) is 0 Å². The zero-order chi connectivity index (χ0) is 13.0. The first-order valence-corrected chi connectivity index (χ1v) is 5.95. The van der Waals surface area contributed by atoms with Crippen molar-refractivity contribution < 1.29 is 9.59 Å². The molecule has 0 aliphatic carbocycles. The SMILES string of the molecule is O=C(Nc1ccc(I)cc1)C(=O)Nn1cnnc1. The van der Waals surface area contributed by atoms with Gasteiger partial charge in [0, 0.05) is 9.26 Å². The highest BCUT2D eigenvalue weighted by atomic mass is 127. The third kappa shape index (κ3) is 3.26. The zero-order valence-electron chi connectivity index (χ0n) is 9.00. The molecule has 7 nitrogen and oxygen atoms in total. The van der Waals surface area contributed by atoms with Gasteiger partial charge in [-0.15, -0.1) is 10.2 Å². The lowest BCUT2D eigenvalue weighted by Gasteiger charge is -2.06. The van der Waals surface area contributed by atoms with Gasteiger partial charge in [-0.1, -0.05) is 0 Å². The lowest BCUT2D eigenvalue weighted by atomic mass is 10.3. The summed E-state index contributed by atoms with van der Waals surface area (Å²) < 4.78 is 2.23. The quantitative estimate of drug-likeness (QED) is 0.608. The van der Waals surface area contributed by atoms with Crippen LogP contribution < -0.4 is 10.7 Å². The highest BCUT2D eigenvalue weighted by Gasteiger charge is 2.13. The van der Waals surface area contributed by atoms with Crippen LogP contribution in [0.1, 0.15) is 0 Å². The molecule has 2 N–H and O–H groups in total. The van der Waals surface area contributed by atoms with Gasteiger partial charge in [0.15, 0.2) is 0 Å². The standard InChI is InChI=1S/C10H8IN5O2/c11-7-1-3-8(4-2-7)14-9(17)10(18)15-16-5-12-13-6-16/h1-6H,(H,14,17)(H,15,18). The van der Waals surface area contributed by atoms with Crippen molar-refractivity contribution >= 4 is 40.1 Å². The number of benzene rings is 1. The number of hydrogen-bond acceptors (Lipinski definition) is 4. The lowest BCUT2D eigenvalue weighted by Crippen LogP contribution is -2.33. The van der Waals surface area contributed by atoms with E-state index in [0.29, 0.717) is 5.69 Å². The molecule has 2 amide bonds. The molecular formula is C10H8IN5O2. The molecule has 0 aliphatic rings. The van der Waals surface area contributed by atoms with Crippen molar-refractivity contribution in [1.82, 2.24) is 14.9 Å². The maximum atomic E-state index is 11.5. The van der Waals surface area contributed by atoms with Gasteiger partial charge in [-0.25, -0.2) is 4.68 Å². The van der Waals surface area contributed by atoms with E-state index in [0.717, 1.165) is 3.57 Å². The van der Waals surface area contributed by atoms with Crippen molar-refractivity contribution in [3.63, 3.8) is 0 Å². The maximum absolute atomic E-state index is 11.5. The monoisotopic (exact) mass is 357 g/mol. The summed E-state index contributed by atoms with van der Waals surface area (Å²) in [6, 6.07) is 7.08. The van der Waals surface area contributed by atoms with Crippen LogP contribution in [-0.4, -0.2) is 26.7 Å². The minimum atomic E-state index is -0.798. The summed E-state index contributed by atoms with van der Waals surface area (Å²) in [4.78, 5) is 23.0. The van der Waals surface area contributed by atoms with E-state index in [-0.39, 0.29) is 0 Å². The number of carbonyl (C=O) groups is 2. The fraction of sp³-hybridized carbons (Fsp3) is 0. The molecule has 0 atom stereocenters. The summed E-state index contributed by atoms with van der Waals surface area (Å²) >= 11 is 2.15. The molecule has 2 aromatic rings. The number of carbonyl (C=O) groups excluding carboxylic acids is 2. The number of amides is 2. The van der Waals surface area contributed by atoms with Crippen LogP contribution in [0, 0.1) is 3.57 Å². The first-order chi connectivity index (χ1) is 8.65. The molecule has 0 saturated heterocycles. The topological polar surface area (TPSA) is 88.9 Å². The van der Waals surface area contributed by atoms with E-state index in [1.54, 1.807) is 12.1 Å². The number of nitrogens with zero attached hydrogens (tertiary/aromatic N) is 3. The Morgan fingerprint density at radius 1 is 1.06 bits per heavy atom. The third-order valence-electron chi connectivity index (χ3n) is 1.96. The van der Waals surface area contributed by atoms with Gasteiger partial charge in [0.1, 0.15) is 12.7 Å². The molecule has 0 bridgehead atoms. The van der Waals surface area contributed by atoms with Crippen LogP contribution in [-0.2, 0) is 9.59 Å². The fourth-order valence-corrected chi connectivity index (χ4v) is 1.51. The van der Waals surface area contributed by atoms with Crippen LogP contribution in [0.15, 0.2) is 36.9 Å². The summed E-state index contributed by atoms with van der Waals surface area (Å²) in [6.45, 7) is 0. The van der Waals surface area contributed by atoms with Gasteiger partial charge >= 0.3 is 11.8 Å². The van der Waals surface area contributed by atoms with E-state index >= 15 is 0 Å². The van der Waals surface area contributed by atoms with Crippen molar-refractivity contribution in [2.24, 2.45) is 0 Å². The third-order valence-corrected chi connectivity index (χ3v) is 2.68. The van der Waals surface area contributed by atoms with Crippen LogP contribution >= 0.6 is 22.6 Å². The number of halogens is 1. The maximum Gasteiger partial charge on any atom is 0.328 e. The van der Waals surface area contributed by atoms with Crippen molar-refractivity contribution in [1.29, 1.82) is 0 Å². The van der Waals surface area contributed by atoms with E-state index in [9.17, 15) is 9.59 Å². The van der Waals surface area contributed by atoms with Crippen LogP contribution in [0.4, 0.5) is 5.69 Å². The van der Waals surface area contributed by atoms with Crippen LogP contribution in [0.3, 0.4) is 0 Å². The number of rotatable bonds is 2. The van der Waals surface area contributed by atoms with Crippen LogP contribution in [0.2, 0.25) is 0 Å². The molecule has 2 rings (SSSR count). The van der Waals surface area contributed by atoms with Gasteiger partial charge < -0.3 is 5.32 Å². The Bertz CT molecular complexity index is 552. The van der Waals surface area contributed by atoms with Gasteiger partial charge in [-0.3, -0.25) is 15.0 Å². The van der Waals surface area contributed by atoms with E-state index in [1.807, 2.05) is 12.1 Å². The molecule has 1 aromatic heterocycles. The van der Waals surface area contributed by atoms with Crippen LogP contribution in [0.5, 0.6) is 0 Å². The Labute approximate surface area is 116 Å². The smallest absolute Gasteiger partial charge is 0.318 e. The Kier molecular flexibility index (Phi) is 3.87. The normalized spacial score (nSPS) is 9.83. The number of anilines is 1. The second kappa shape index (κ2) is 5.58. The largest absolute Gasteiger partial charge is 0.328 e. The molecule has 0 saturated carbocycles. The minimum absolute atomic E-state index is 0.555. The van der Waals surface area contributed by atoms with Gasteiger partial charge in [-0.05, 0) is 46.9 Å². The van der Waals surface area contributed by atoms with Gasteiger partial charge in [0.25, 0.3) is 0 Å². The molecule has 1 heterocycles.